The number of tetrazole rings is 1. The maximum absolute atomic E-state index is 11.5. The van der Waals surface area contributed by atoms with Crippen LogP contribution in [-0.2, 0) is 16.1 Å². The predicted molar refractivity (Wildman–Crippen MR) is 82.2 cm³/mol. The molecule has 1 aromatic heterocycles. The van der Waals surface area contributed by atoms with E-state index in [0.717, 1.165) is 19.4 Å². The molecule has 0 unspecified atom stereocenters. The van der Waals surface area contributed by atoms with Crippen molar-refractivity contribution >= 4 is 17.7 Å². The van der Waals surface area contributed by atoms with Crippen LogP contribution in [0.1, 0.15) is 40.5 Å². The third-order valence-electron chi connectivity index (χ3n) is 2.56. The van der Waals surface area contributed by atoms with Crippen molar-refractivity contribution in [2.45, 2.75) is 57.8 Å². The number of carbonyl (C=O) groups excluding carboxylic acids is 1. The normalized spacial score (nSPS) is 11.6. The van der Waals surface area contributed by atoms with Crippen LogP contribution in [0.5, 0.6) is 0 Å². The number of nitrogens with zero attached hydrogens (tertiary/aromatic N) is 4. The second kappa shape index (κ2) is 8.99. The zero-order chi connectivity index (χ0) is 15.7. The lowest BCUT2D eigenvalue weighted by Gasteiger charge is -2.20. The van der Waals surface area contributed by atoms with E-state index < -0.39 is 0 Å². The van der Waals surface area contributed by atoms with Crippen molar-refractivity contribution in [1.29, 1.82) is 0 Å². The highest BCUT2D eigenvalue weighted by atomic mass is 32.2. The third kappa shape index (κ3) is 8.01. The van der Waals surface area contributed by atoms with Crippen LogP contribution >= 0.6 is 11.8 Å². The highest BCUT2D eigenvalue weighted by Crippen LogP contribution is 2.13. The van der Waals surface area contributed by atoms with Crippen LogP contribution in [0.15, 0.2) is 5.16 Å². The van der Waals surface area contributed by atoms with Gasteiger partial charge >= 0.3 is 5.97 Å². The summed E-state index contributed by atoms with van der Waals surface area (Å²) in [6.45, 7) is 10.3. The Morgan fingerprint density at radius 2 is 2.19 bits per heavy atom. The maximum Gasteiger partial charge on any atom is 0.316 e. The number of rotatable bonds is 9. The zero-order valence-electron chi connectivity index (χ0n) is 13.3. The summed E-state index contributed by atoms with van der Waals surface area (Å²) < 4.78 is 6.79. The molecule has 7 nitrogen and oxygen atoms in total. The van der Waals surface area contributed by atoms with E-state index >= 15 is 0 Å². The first-order valence-corrected chi connectivity index (χ1v) is 8.20. The van der Waals surface area contributed by atoms with Crippen LogP contribution in [0.4, 0.5) is 0 Å². The monoisotopic (exact) mass is 315 g/mol. The minimum Gasteiger partial charge on any atom is -0.465 e. The molecule has 0 aliphatic rings. The van der Waals surface area contributed by atoms with E-state index in [1.165, 1.54) is 11.8 Å². The summed E-state index contributed by atoms with van der Waals surface area (Å²) in [5.41, 5.74) is 0.0599. The van der Waals surface area contributed by atoms with E-state index in [1.807, 2.05) is 0 Å². The van der Waals surface area contributed by atoms with Crippen molar-refractivity contribution in [1.82, 2.24) is 25.5 Å². The van der Waals surface area contributed by atoms with Crippen molar-refractivity contribution in [2.24, 2.45) is 0 Å². The average molecular weight is 315 g/mol. The number of esters is 1. The molecule has 0 bridgehead atoms. The number of carbonyl (C=O) groups is 1. The number of hydrogen-bond donors (Lipinski definition) is 1. The molecule has 1 rings (SSSR count). The van der Waals surface area contributed by atoms with Gasteiger partial charge in [-0.1, -0.05) is 25.1 Å². The summed E-state index contributed by atoms with van der Waals surface area (Å²) in [5, 5.41) is 15.5. The van der Waals surface area contributed by atoms with Gasteiger partial charge in [0, 0.05) is 12.1 Å². The minimum absolute atomic E-state index is 0.0599. The van der Waals surface area contributed by atoms with Gasteiger partial charge in [0.1, 0.15) is 0 Å². The fourth-order valence-corrected chi connectivity index (χ4v) is 2.17. The Kier molecular flexibility index (Phi) is 7.66. The lowest BCUT2D eigenvalue weighted by Crippen LogP contribution is -2.38. The molecule has 21 heavy (non-hydrogen) atoms. The van der Waals surface area contributed by atoms with Crippen LogP contribution in [0.3, 0.4) is 0 Å². The van der Waals surface area contributed by atoms with Crippen molar-refractivity contribution in [3.8, 4) is 0 Å². The van der Waals surface area contributed by atoms with Crippen molar-refractivity contribution in [3.05, 3.63) is 0 Å². The first-order chi connectivity index (χ1) is 9.92. The molecule has 0 aliphatic carbocycles. The Morgan fingerprint density at radius 3 is 2.86 bits per heavy atom. The molecule has 1 aromatic rings. The first-order valence-electron chi connectivity index (χ1n) is 7.22. The lowest BCUT2D eigenvalue weighted by molar-refractivity contribution is -0.140. The van der Waals surface area contributed by atoms with Crippen LogP contribution in [0.2, 0.25) is 0 Å². The third-order valence-corrected chi connectivity index (χ3v) is 3.49. The molecule has 0 saturated carbocycles. The van der Waals surface area contributed by atoms with Crippen molar-refractivity contribution < 1.29 is 9.53 Å². The Bertz CT molecular complexity index is 430. The Morgan fingerprint density at radius 1 is 1.43 bits per heavy atom. The van der Waals surface area contributed by atoms with Gasteiger partial charge in [0.15, 0.2) is 0 Å². The van der Waals surface area contributed by atoms with Gasteiger partial charge in [0.05, 0.1) is 18.9 Å². The SMILES string of the molecule is CCCCOC(=O)CSc1nnnn1CCNC(C)(C)C. The van der Waals surface area contributed by atoms with Gasteiger partial charge in [-0.15, -0.1) is 5.10 Å². The van der Waals surface area contributed by atoms with Gasteiger partial charge in [-0.2, -0.15) is 0 Å². The van der Waals surface area contributed by atoms with E-state index in [0.29, 0.717) is 18.3 Å². The molecule has 0 aliphatic heterocycles. The quantitative estimate of drug-likeness (QED) is 0.420. The fourth-order valence-electron chi connectivity index (χ4n) is 1.47. The second-order valence-electron chi connectivity index (χ2n) is 5.72. The minimum atomic E-state index is -0.226. The number of thioether (sulfide) groups is 1. The molecule has 0 aromatic carbocycles. The van der Waals surface area contributed by atoms with Crippen LogP contribution in [0.25, 0.3) is 0 Å². The summed E-state index contributed by atoms with van der Waals surface area (Å²) in [7, 11) is 0. The van der Waals surface area contributed by atoms with Crippen LogP contribution in [0, 0.1) is 0 Å². The number of ether oxygens (including phenoxy) is 1. The molecular weight excluding hydrogens is 290 g/mol. The summed E-state index contributed by atoms with van der Waals surface area (Å²) in [6, 6.07) is 0. The standard InChI is InChI=1S/C13H25N5O2S/c1-5-6-9-20-11(19)10-21-12-15-16-17-18(12)8-7-14-13(2,3)4/h14H,5-10H2,1-4H3. The maximum atomic E-state index is 11.5. The Balaban J connectivity index is 2.33. The molecule has 0 fully saturated rings. The molecule has 0 saturated heterocycles. The molecule has 0 spiro atoms. The first kappa shape index (κ1) is 17.9. The van der Waals surface area contributed by atoms with Crippen LogP contribution < -0.4 is 5.32 Å². The van der Waals surface area contributed by atoms with E-state index in [2.05, 4.69) is 48.5 Å². The largest absolute Gasteiger partial charge is 0.465 e. The van der Waals surface area contributed by atoms with Gasteiger partial charge in [-0.25, -0.2) is 4.68 Å². The Labute approximate surface area is 130 Å². The zero-order valence-corrected chi connectivity index (χ0v) is 14.1. The highest BCUT2D eigenvalue weighted by molar-refractivity contribution is 7.99. The van der Waals surface area contributed by atoms with E-state index in [4.69, 9.17) is 4.74 Å². The fraction of sp³-hybridized carbons (Fsp3) is 0.846. The summed E-state index contributed by atoms with van der Waals surface area (Å²) in [4.78, 5) is 11.5. The topological polar surface area (TPSA) is 81.9 Å². The number of aromatic nitrogens is 4. The highest BCUT2D eigenvalue weighted by Gasteiger charge is 2.12. The smallest absolute Gasteiger partial charge is 0.316 e. The lowest BCUT2D eigenvalue weighted by atomic mass is 10.1. The molecule has 0 radical (unpaired) electrons. The molecule has 1 heterocycles. The molecule has 0 atom stereocenters. The summed E-state index contributed by atoms with van der Waals surface area (Å²) in [5.74, 6) is 0.00683. The summed E-state index contributed by atoms with van der Waals surface area (Å²) in [6.07, 6.45) is 1.91. The number of unbranched alkanes of at least 4 members (excludes halogenated alkanes) is 1. The van der Waals surface area contributed by atoms with Gasteiger partial charge < -0.3 is 10.1 Å². The predicted octanol–water partition coefficient (Wildman–Crippen LogP) is 1.50. The summed E-state index contributed by atoms with van der Waals surface area (Å²) >= 11 is 1.30. The number of hydrogen-bond acceptors (Lipinski definition) is 7. The van der Waals surface area contributed by atoms with E-state index in [1.54, 1.807) is 4.68 Å². The van der Waals surface area contributed by atoms with E-state index in [9.17, 15) is 4.79 Å². The van der Waals surface area contributed by atoms with E-state index in [-0.39, 0.29) is 17.3 Å². The molecule has 8 heteroatoms. The van der Waals surface area contributed by atoms with Crippen molar-refractivity contribution in [2.75, 3.05) is 18.9 Å². The number of nitrogens with one attached hydrogen (secondary N) is 1. The molecular formula is C13H25N5O2S. The van der Waals surface area contributed by atoms with Crippen molar-refractivity contribution in [3.63, 3.8) is 0 Å². The molecule has 1 N–H and O–H groups in total. The van der Waals surface area contributed by atoms with Gasteiger partial charge in [0.2, 0.25) is 5.16 Å². The molecule has 120 valence electrons. The Hall–Kier alpha value is -1.15. The van der Waals surface area contributed by atoms with Crippen LogP contribution in [-0.4, -0.2) is 50.6 Å². The van der Waals surface area contributed by atoms with Gasteiger partial charge in [-0.3, -0.25) is 4.79 Å². The molecule has 0 amide bonds. The average Bonchev–Trinajstić information content (AvgIpc) is 2.83. The van der Waals surface area contributed by atoms with Gasteiger partial charge in [0.25, 0.3) is 0 Å². The van der Waals surface area contributed by atoms with Gasteiger partial charge in [-0.05, 0) is 37.6 Å². The second-order valence-corrected chi connectivity index (χ2v) is 6.67.